The van der Waals surface area contributed by atoms with E-state index in [1.54, 1.807) is 37.3 Å². The Bertz CT molecular complexity index is 747. The van der Waals surface area contributed by atoms with Crippen molar-refractivity contribution in [1.82, 2.24) is 4.98 Å². The zero-order chi connectivity index (χ0) is 17.0. The smallest absolute Gasteiger partial charge is 0.314 e. The summed E-state index contributed by atoms with van der Waals surface area (Å²) in [4.78, 5) is 4.11. The lowest BCUT2D eigenvalue weighted by atomic mass is 10.0. The summed E-state index contributed by atoms with van der Waals surface area (Å²) >= 11 is 1.57. The van der Waals surface area contributed by atoms with Gasteiger partial charge in [0.05, 0.1) is 19.1 Å². The lowest BCUT2D eigenvalue weighted by molar-refractivity contribution is -0.650. The van der Waals surface area contributed by atoms with Crippen molar-refractivity contribution in [2.45, 2.75) is 5.72 Å². The van der Waals surface area contributed by atoms with Gasteiger partial charge in [-0.1, -0.05) is 12.7 Å². The fourth-order valence-electron chi connectivity index (χ4n) is 2.62. The summed E-state index contributed by atoms with van der Waals surface area (Å²) < 4.78 is 7.11. The van der Waals surface area contributed by atoms with Crippen LogP contribution in [0.25, 0.3) is 0 Å². The average molecular weight is 342 g/mol. The van der Waals surface area contributed by atoms with Gasteiger partial charge in [-0.3, -0.25) is 4.98 Å². The van der Waals surface area contributed by atoms with Gasteiger partial charge < -0.3 is 9.84 Å². The molecule has 24 heavy (non-hydrogen) atoms. The Kier molecular flexibility index (Phi) is 4.87. The number of pyridine rings is 1. The molecule has 0 radical (unpaired) electrons. The first-order valence-corrected chi connectivity index (χ1v) is 8.58. The highest BCUT2D eigenvalue weighted by atomic mass is 32.2. The second-order valence-electron chi connectivity index (χ2n) is 5.40. The van der Waals surface area contributed by atoms with E-state index in [0.717, 1.165) is 22.2 Å². The third-order valence-electron chi connectivity index (χ3n) is 3.88. The second kappa shape index (κ2) is 7.07. The summed E-state index contributed by atoms with van der Waals surface area (Å²) in [7, 11) is 1.63. The third kappa shape index (κ3) is 3.16. The lowest BCUT2D eigenvalue weighted by Crippen LogP contribution is -2.40. The van der Waals surface area contributed by atoms with Crippen molar-refractivity contribution < 1.29 is 14.4 Å². The normalized spacial score (nSPS) is 20.1. The van der Waals surface area contributed by atoms with Crippen LogP contribution < -0.4 is 10.1 Å². The number of aromatic nitrogens is 1. The van der Waals surface area contributed by atoms with Gasteiger partial charge in [-0.2, -0.15) is 0 Å². The number of ether oxygens (including phenoxy) is 1. The van der Waals surface area contributed by atoms with E-state index in [2.05, 4.69) is 16.9 Å². The topological polar surface area (TPSA) is 57.4 Å². The zero-order valence-corrected chi connectivity index (χ0v) is 14.3. The van der Waals surface area contributed by atoms with Crippen LogP contribution in [0.3, 0.4) is 0 Å². The standard InChI is InChI=1S/C18H19N3O2S/c1-3-11-21-17(20-15-5-4-10-19-12-15)24-13-18(21,22)14-6-8-16(23-2)9-7-14/h3-10,12,22H,1,11,13H2,2H3/p+1. The zero-order valence-electron chi connectivity index (χ0n) is 13.5. The fourth-order valence-corrected chi connectivity index (χ4v) is 3.85. The van der Waals surface area contributed by atoms with Gasteiger partial charge in [-0.05, 0) is 48.2 Å². The highest BCUT2D eigenvalue weighted by Gasteiger charge is 2.45. The van der Waals surface area contributed by atoms with Crippen LogP contribution in [0, 0.1) is 0 Å². The summed E-state index contributed by atoms with van der Waals surface area (Å²) in [6, 6.07) is 11.3. The molecule has 5 nitrogen and oxygen atoms in total. The molecule has 0 saturated heterocycles. The molecule has 0 saturated carbocycles. The molecule has 2 heterocycles. The number of thioether (sulfide) groups is 1. The Labute approximate surface area is 145 Å². The molecular weight excluding hydrogens is 322 g/mol. The van der Waals surface area contributed by atoms with Crippen LogP contribution >= 0.6 is 11.8 Å². The number of anilines is 1. The first-order valence-electron chi connectivity index (χ1n) is 7.59. The molecule has 1 aromatic heterocycles. The van der Waals surface area contributed by atoms with Crippen LogP contribution in [0.2, 0.25) is 0 Å². The summed E-state index contributed by atoms with van der Waals surface area (Å²) in [6.07, 6.45) is 5.27. The predicted octanol–water partition coefficient (Wildman–Crippen LogP) is 2.65. The highest BCUT2D eigenvalue weighted by molar-refractivity contribution is 8.14. The van der Waals surface area contributed by atoms with E-state index < -0.39 is 5.72 Å². The Morgan fingerprint density at radius 2 is 2.21 bits per heavy atom. The van der Waals surface area contributed by atoms with Crippen LogP contribution in [-0.4, -0.2) is 39.2 Å². The molecule has 1 aliphatic rings. The second-order valence-corrected chi connectivity index (χ2v) is 6.37. The first-order chi connectivity index (χ1) is 11.7. The van der Waals surface area contributed by atoms with E-state index in [0.29, 0.717) is 12.3 Å². The summed E-state index contributed by atoms with van der Waals surface area (Å²) in [5, 5.41) is 15.5. The Morgan fingerprint density at radius 1 is 1.42 bits per heavy atom. The van der Waals surface area contributed by atoms with Gasteiger partial charge in [0, 0.05) is 11.8 Å². The molecule has 124 valence electrons. The number of methoxy groups -OCH3 is 1. The molecule has 2 aromatic rings. The number of hydrogen-bond acceptors (Lipinski definition) is 5. The number of benzene rings is 1. The third-order valence-corrected chi connectivity index (χ3v) is 5.02. The lowest BCUT2D eigenvalue weighted by Gasteiger charge is -2.24. The molecule has 0 bridgehead atoms. The molecule has 3 rings (SSSR count). The molecule has 1 aromatic carbocycles. The maximum atomic E-state index is 11.3. The van der Waals surface area contributed by atoms with Crippen LogP contribution in [0.5, 0.6) is 5.75 Å². The van der Waals surface area contributed by atoms with Crippen LogP contribution in [0.4, 0.5) is 5.69 Å². The van der Waals surface area contributed by atoms with Gasteiger partial charge in [0.2, 0.25) is 5.72 Å². The van der Waals surface area contributed by atoms with Crippen LogP contribution in [0.15, 0.2) is 61.4 Å². The maximum absolute atomic E-state index is 11.3. The van der Waals surface area contributed by atoms with Crippen molar-refractivity contribution in [3.63, 3.8) is 0 Å². The minimum absolute atomic E-state index is 0.524. The van der Waals surface area contributed by atoms with Crippen molar-refractivity contribution in [2.75, 3.05) is 24.7 Å². The van der Waals surface area contributed by atoms with Crippen LogP contribution in [0.1, 0.15) is 5.56 Å². The first kappa shape index (κ1) is 16.5. The van der Waals surface area contributed by atoms with Gasteiger partial charge >= 0.3 is 5.17 Å². The molecule has 1 atom stereocenters. The summed E-state index contributed by atoms with van der Waals surface area (Å²) in [5.74, 6) is 1.29. The van der Waals surface area contributed by atoms with Crippen molar-refractivity contribution in [3.8, 4) is 5.75 Å². The van der Waals surface area contributed by atoms with E-state index in [-0.39, 0.29) is 0 Å². The number of nitrogens with zero attached hydrogens (tertiary/aromatic N) is 2. The van der Waals surface area contributed by atoms with Gasteiger partial charge in [0.1, 0.15) is 18.0 Å². The van der Waals surface area contributed by atoms with E-state index >= 15 is 0 Å². The number of hydrogen-bond donors (Lipinski definition) is 2. The number of rotatable bonds is 5. The Hall–Kier alpha value is -2.31. The number of amidine groups is 1. The maximum Gasteiger partial charge on any atom is 0.314 e. The van der Waals surface area contributed by atoms with E-state index in [9.17, 15) is 5.11 Å². The average Bonchev–Trinajstić information content (AvgIpc) is 2.94. The molecule has 0 amide bonds. The van der Waals surface area contributed by atoms with Crippen molar-refractivity contribution in [1.29, 1.82) is 0 Å². The quantitative estimate of drug-likeness (QED) is 0.646. The molecule has 0 spiro atoms. The van der Waals surface area contributed by atoms with E-state index in [4.69, 9.17) is 4.74 Å². The minimum Gasteiger partial charge on any atom is -0.497 e. The molecule has 1 unspecified atom stereocenters. The van der Waals surface area contributed by atoms with Gasteiger partial charge in [-0.15, -0.1) is 0 Å². The molecule has 2 N–H and O–H groups in total. The van der Waals surface area contributed by atoms with E-state index in [1.807, 2.05) is 41.0 Å². The predicted molar refractivity (Wildman–Crippen MR) is 97.5 cm³/mol. The van der Waals surface area contributed by atoms with E-state index in [1.165, 1.54) is 0 Å². The van der Waals surface area contributed by atoms with Crippen molar-refractivity contribution in [2.24, 2.45) is 0 Å². The highest BCUT2D eigenvalue weighted by Crippen LogP contribution is 2.35. The van der Waals surface area contributed by atoms with Crippen LogP contribution in [-0.2, 0) is 5.72 Å². The number of aliphatic hydroxyl groups is 1. The van der Waals surface area contributed by atoms with Crippen molar-refractivity contribution in [3.05, 3.63) is 67.0 Å². The largest absolute Gasteiger partial charge is 0.497 e. The van der Waals surface area contributed by atoms with Gasteiger partial charge in [0.15, 0.2) is 0 Å². The molecule has 6 heteroatoms. The minimum atomic E-state index is -1.10. The molecular formula is C18H20N3O2S+. The van der Waals surface area contributed by atoms with Crippen molar-refractivity contribution >= 4 is 22.6 Å². The summed E-state index contributed by atoms with van der Waals surface area (Å²) in [5.41, 5.74) is 0.601. The Balaban J connectivity index is 1.96. The molecule has 1 aliphatic heterocycles. The fraction of sp³-hybridized carbons (Fsp3) is 0.222. The number of nitrogens with one attached hydrogen (secondary N) is 1. The molecule has 0 aliphatic carbocycles. The Morgan fingerprint density at radius 3 is 2.83 bits per heavy atom. The van der Waals surface area contributed by atoms with Gasteiger partial charge in [0.25, 0.3) is 0 Å². The monoisotopic (exact) mass is 342 g/mol. The SMILES string of the molecule is C=CC[N+]1=C(Nc2cccnc2)SCC1(O)c1ccc(OC)cc1. The van der Waals surface area contributed by atoms with Gasteiger partial charge in [-0.25, -0.2) is 9.89 Å². The molecule has 0 fully saturated rings. The summed E-state index contributed by atoms with van der Waals surface area (Å²) in [6.45, 7) is 4.34.